The molecule has 0 radical (unpaired) electrons. The minimum atomic E-state index is -0.599. The minimum absolute atomic E-state index is 0.00521. The van der Waals surface area contributed by atoms with Gasteiger partial charge in [-0.3, -0.25) is 0 Å². The van der Waals surface area contributed by atoms with E-state index in [1.165, 1.54) is 0 Å². The lowest BCUT2D eigenvalue weighted by molar-refractivity contribution is 0.0688. The predicted octanol–water partition coefficient (Wildman–Crippen LogP) is 0.262. The van der Waals surface area contributed by atoms with Crippen molar-refractivity contribution in [3.05, 3.63) is 0 Å². The van der Waals surface area contributed by atoms with Gasteiger partial charge in [-0.1, -0.05) is 0 Å². The number of aliphatic hydroxyl groups excluding tert-OH is 1. The summed E-state index contributed by atoms with van der Waals surface area (Å²) >= 11 is 0. The Balaban J connectivity index is 2.10. The van der Waals surface area contributed by atoms with Gasteiger partial charge in [-0.2, -0.15) is 0 Å². The third kappa shape index (κ3) is 3.09. The van der Waals surface area contributed by atoms with Crippen molar-refractivity contribution in [2.24, 2.45) is 0 Å². The second kappa shape index (κ2) is 3.32. The van der Waals surface area contributed by atoms with Crippen LogP contribution in [0.5, 0.6) is 0 Å². The lowest BCUT2D eigenvalue weighted by atomic mass is 10.1. The van der Waals surface area contributed by atoms with Crippen molar-refractivity contribution in [3.8, 4) is 0 Å². The van der Waals surface area contributed by atoms with Gasteiger partial charge in [-0.15, -0.1) is 0 Å². The molecule has 1 saturated carbocycles. The Morgan fingerprint density at radius 1 is 1.42 bits per heavy atom. The fourth-order valence-electron chi connectivity index (χ4n) is 1.18. The second-order valence-electron chi connectivity index (χ2n) is 4.43. The topological polar surface area (TPSA) is 52.5 Å². The lowest BCUT2D eigenvalue weighted by Gasteiger charge is -2.20. The SMILES string of the molecule is CC(C)(O)CCNC1(CO)CC1. The summed E-state index contributed by atoms with van der Waals surface area (Å²) < 4.78 is 0. The van der Waals surface area contributed by atoms with Gasteiger partial charge in [-0.25, -0.2) is 0 Å². The molecule has 0 atom stereocenters. The number of rotatable bonds is 5. The molecule has 0 spiro atoms. The van der Waals surface area contributed by atoms with E-state index in [0.29, 0.717) is 0 Å². The average Bonchev–Trinajstić information content (AvgIpc) is 2.67. The molecule has 0 aromatic rings. The Morgan fingerprint density at radius 2 is 2.00 bits per heavy atom. The predicted molar refractivity (Wildman–Crippen MR) is 48.0 cm³/mol. The van der Waals surface area contributed by atoms with Gasteiger partial charge in [0.25, 0.3) is 0 Å². The van der Waals surface area contributed by atoms with E-state index in [-0.39, 0.29) is 12.1 Å². The van der Waals surface area contributed by atoms with Crippen molar-refractivity contribution in [2.45, 2.75) is 44.2 Å². The molecule has 0 amide bonds. The van der Waals surface area contributed by atoms with E-state index in [2.05, 4.69) is 5.32 Å². The third-order valence-electron chi connectivity index (χ3n) is 2.39. The highest BCUT2D eigenvalue weighted by Crippen LogP contribution is 2.34. The van der Waals surface area contributed by atoms with E-state index < -0.39 is 5.60 Å². The summed E-state index contributed by atoms with van der Waals surface area (Å²) in [5, 5.41) is 21.6. The van der Waals surface area contributed by atoms with Gasteiger partial charge in [0, 0.05) is 5.54 Å². The van der Waals surface area contributed by atoms with Crippen LogP contribution in [0, 0.1) is 0 Å². The van der Waals surface area contributed by atoms with Crippen LogP contribution in [0.25, 0.3) is 0 Å². The summed E-state index contributed by atoms with van der Waals surface area (Å²) in [5.41, 5.74) is -0.593. The Bertz CT molecular complexity index is 147. The van der Waals surface area contributed by atoms with Crippen LogP contribution in [0.4, 0.5) is 0 Å². The monoisotopic (exact) mass is 173 g/mol. The Hall–Kier alpha value is -0.120. The summed E-state index contributed by atoms with van der Waals surface area (Å²) in [6.45, 7) is 4.60. The quantitative estimate of drug-likeness (QED) is 0.559. The van der Waals surface area contributed by atoms with Gasteiger partial charge in [0.15, 0.2) is 0 Å². The van der Waals surface area contributed by atoms with E-state index in [1.54, 1.807) is 13.8 Å². The summed E-state index contributed by atoms with van der Waals surface area (Å²) in [6, 6.07) is 0. The molecular weight excluding hydrogens is 154 g/mol. The number of nitrogens with one attached hydrogen (secondary N) is 1. The van der Waals surface area contributed by atoms with Crippen LogP contribution in [0.2, 0.25) is 0 Å². The molecule has 0 bridgehead atoms. The van der Waals surface area contributed by atoms with Crippen molar-refractivity contribution in [1.29, 1.82) is 0 Å². The molecule has 1 aliphatic rings. The molecule has 72 valence electrons. The highest BCUT2D eigenvalue weighted by Gasteiger charge is 2.41. The highest BCUT2D eigenvalue weighted by molar-refractivity contribution is 5.01. The van der Waals surface area contributed by atoms with E-state index in [0.717, 1.165) is 25.8 Å². The molecule has 0 aliphatic heterocycles. The van der Waals surface area contributed by atoms with Gasteiger partial charge in [0.2, 0.25) is 0 Å². The third-order valence-corrected chi connectivity index (χ3v) is 2.39. The van der Waals surface area contributed by atoms with Crippen LogP contribution in [0.3, 0.4) is 0 Å². The molecular formula is C9H19NO2. The summed E-state index contributed by atoms with van der Waals surface area (Å²) in [4.78, 5) is 0. The maximum atomic E-state index is 9.41. The largest absolute Gasteiger partial charge is 0.394 e. The highest BCUT2D eigenvalue weighted by atomic mass is 16.3. The van der Waals surface area contributed by atoms with Crippen LogP contribution >= 0.6 is 0 Å². The molecule has 1 aliphatic carbocycles. The van der Waals surface area contributed by atoms with Crippen molar-refractivity contribution in [3.63, 3.8) is 0 Å². The van der Waals surface area contributed by atoms with Crippen LogP contribution < -0.4 is 5.32 Å². The summed E-state index contributed by atoms with van der Waals surface area (Å²) in [6.07, 6.45) is 2.86. The summed E-state index contributed by atoms with van der Waals surface area (Å²) in [7, 11) is 0. The van der Waals surface area contributed by atoms with E-state index in [1.807, 2.05) is 0 Å². The zero-order valence-corrected chi connectivity index (χ0v) is 7.93. The molecule has 12 heavy (non-hydrogen) atoms. The maximum absolute atomic E-state index is 9.41. The molecule has 3 nitrogen and oxygen atoms in total. The first-order valence-electron chi connectivity index (χ1n) is 4.56. The molecule has 0 heterocycles. The standard InChI is InChI=1S/C9H19NO2/c1-8(2,12)5-6-10-9(7-11)3-4-9/h10-12H,3-7H2,1-2H3. The maximum Gasteiger partial charge on any atom is 0.0613 e. The second-order valence-corrected chi connectivity index (χ2v) is 4.43. The van der Waals surface area contributed by atoms with Crippen LogP contribution in [-0.4, -0.2) is 34.5 Å². The van der Waals surface area contributed by atoms with E-state index in [9.17, 15) is 5.11 Å². The van der Waals surface area contributed by atoms with Gasteiger partial charge < -0.3 is 15.5 Å². The number of hydrogen-bond donors (Lipinski definition) is 3. The van der Waals surface area contributed by atoms with Gasteiger partial charge >= 0.3 is 0 Å². The Morgan fingerprint density at radius 3 is 2.33 bits per heavy atom. The molecule has 0 unspecified atom stereocenters. The summed E-state index contributed by atoms with van der Waals surface area (Å²) in [5.74, 6) is 0. The van der Waals surface area contributed by atoms with Crippen molar-refractivity contribution < 1.29 is 10.2 Å². The van der Waals surface area contributed by atoms with E-state index in [4.69, 9.17) is 5.11 Å². The lowest BCUT2D eigenvalue weighted by Crippen LogP contribution is -2.38. The van der Waals surface area contributed by atoms with Gasteiger partial charge in [-0.05, 0) is 39.7 Å². The van der Waals surface area contributed by atoms with Crippen LogP contribution in [0.15, 0.2) is 0 Å². The fourth-order valence-corrected chi connectivity index (χ4v) is 1.18. The smallest absolute Gasteiger partial charge is 0.0613 e. The number of aliphatic hydroxyl groups is 2. The van der Waals surface area contributed by atoms with Crippen molar-refractivity contribution in [1.82, 2.24) is 5.32 Å². The molecule has 3 N–H and O–H groups in total. The normalized spacial score (nSPS) is 21.0. The first-order chi connectivity index (χ1) is 5.47. The minimum Gasteiger partial charge on any atom is -0.394 e. The molecule has 3 heteroatoms. The Labute approximate surface area is 73.8 Å². The van der Waals surface area contributed by atoms with Crippen LogP contribution in [0.1, 0.15) is 33.1 Å². The zero-order chi connectivity index (χ0) is 9.24. The molecule has 0 saturated heterocycles. The molecule has 1 rings (SSSR count). The Kier molecular flexibility index (Phi) is 2.76. The molecule has 1 fully saturated rings. The van der Waals surface area contributed by atoms with Crippen molar-refractivity contribution in [2.75, 3.05) is 13.2 Å². The molecule has 0 aromatic heterocycles. The molecule has 0 aromatic carbocycles. The first-order valence-corrected chi connectivity index (χ1v) is 4.56. The van der Waals surface area contributed by atoms with Crippen molar-refractivity contribution >= 4 is 0 Å². The van der Waals surface area contributed by atoms with Gasteiger partial charge in [0.05, 0.1) is 12.2 Å². The zero-order valence-electron chi connectivity index (χ0n) is 7.93. The van der Waals surface area contributed by atoms with Crippen LogP contribution in [-0.2, 0) is 0 Å². The number of hydrogen-bond acceptors (Lipinski definition) is 3. The first kappa shape index (κ1) is 9.96. The fraction of sp³-hybridized carbons (Fsp3) is 1.00. The van der Waals surface area contributed by atoms with E-state index >= 15 is 0 Å². The van der Waals surface area contributed by atoms with Gasteiger partial charge in [0.1, 0.15) is 0 Å². The average molecular weight is 173 g/mol.